The first kappa shape index (κ1) is 23.2. The molecule has 2 atom stereocenters. The van der Waals surface area contributed by atoms with Gasteiger partial charge in [-0.1, -0.05) is 0 Å². The molecule has 0 radical (unpaired) electrons. The highest BCUT2D eigenvalue weighted by atomic mass is 16.4. The molecule has 33 heavy (non-hydrogen) atoms. The Bertz CT molecular complexity index is 1090. The zero-order valence-corrected chi connectivity index (χ0v) is 17.4. The predicted molar refractivity (Wildman–Crippen MR) is 117 cm³/mol. The molecule has 3 rings (SSSR count). The van der Waals surface area contributed by atoms with Crippen molar-refractivity contribution in [3.05, 3.63) is 35.4 Å². The maximum Gasteiger partial charge on any atom is 0.326 e. The molecule has 9 N–H and O–H groups in total. The Kier molecular flexibility index (Phi) is 6.91. The molecule has 1 aliphatic rings. The van der Waals surface area contributed by atoms with Crippen LogP contribution in [0, 0.1) is 5.92 Å². The van der Waals surface area contributed by atoms with Gasteiger partial charge in [0.25, 0.3) is 5.91 Å². The molecule has 0 saturated heterocycles. The average Bonchev–Trinajstić information content (AvgIpc) is 2.75. The molecule has 0 fully saturated rings. The van der Waals surface area contributed by atoms with Crippen LogP contribution in [-0.2, 0) is 20.8 Å². The van der Waals surface area contributed by atoms with Gasteiger partial charge in [0.05, 0.1) is 5.92 Å². The summed E-state index contributed by atoms with van der Waals surface area (Å²) < 4.78 is 0. The number of nitrogens with two attached hydrogens (primary N) is 2. The summed E-state index contributed by atoms with van der Waals surface area (Å²) >= 11 is 0. The third-order valence-corrected chi connectivity index (χ3v) is 5.07. The van der Waals surface area contributed by atoms with E-state index < -0.39 is 29.8 Å². The molecule has 2 heterocycles. The van der Waals surface area contributed by atoms with Crippen molar-refractivity contribution in [1.82, 2.24) is 15.3 Å². The van der Waals surface area contributed by atoms with Gasteiger partial charge in [0, 0.05) is 29.8 Å². The molecule has 2 aromatic rings. The van der Waals surface area contributed by atoms with E-state index in [0.717, 1.165) is 0 Å². The van der Waals surface area contributed by atoms with E-state index in [1.807, 2.05) is 0 Å². The topological polar surface area (TPSA) is 223 Å². The minimum atomic E-state index is -1.32. The summed E-state index contributed by atoms with van der Waals surface area (Å²) in [5, 5.41) is 25.9. The first-order chi connectivity index (χ1) is 15.6. The zero-order valence-electron chi connectivity index (χ0n) is 17.4. The van der Waals surface area contributed by atoms with Crippen LogP contribution in [0.15, 0.2) is 24.3 Å². The number of carbonyl (C=O) groups excluding carboxylic acids is 2. The van der Waals surface area contributed by atoms with Gasteiger partial charge < -0.3 is 37.6 Å². The highest BCUT2D eigenvalue weighted by Gasteiger charge is 2.29. The van der Waals surface area contributed by atoms with Crippen LogP contribution < -0.4 is 27.4 Å². The Balaban J connectivity index is 1.58. The number of hydrogen-bond acceptors (Lipinski definition) is 9. The fraction of sp³-hybridized carbons (Fsp3) is 0.300. The van der Waals surface area contributed by atoms with Crippen molar-refractivity contribution in [3.8, 4) is 0 Å². The SMILES string of the molecule is Nc1nc(N)c2c(n1)NC(=O)C(CNc1ccc(C(=O)N[C@@H](CCC(=O)O)C(=O)O)cc1)C2. The van der Waals surface area contributed by atoms with E-state index in [9.17, 15) is 19.2 Å². The molecule has 13 nitrogen and oxygen atoms in total. The number of nitrogens with zero attached hydrogens (tertiary/aromatic N) is 2. The van der Waals surface area contributed by atoms with E-state index in [0.29, 0.717) is 23.5 Å². The lowest BCUT2D eigenvalue weighted by molar-refractivity contribution is -0.140. The third kappa shape index (κ3) is 5.84. The summed E-state index contributed by atoms with van der Waals surface area (Å²) in [6.45, 7) is 0.275. The van der Waals surface area contributed by atoms with E-state index in [-0.39, 0.29) is 42.6 Å². The highest BCUT2D eigenvalue weighted by Crippen LogP contribution is 2.28. The number of benzene rings is 1. The summed E-state index contributed by atoms with van der Waals surface area (Å²) in [5.74, 6) is -3.31. The van der Waals surface area contributed by atoms with E-state index in [1.165, 1.54) is 12.1 Å². The van der Waals surface area contributed by atoms with Gasteiger partial charge in [-0.25, -0.2) is 4.79 Å². The van der Waals surface area contributed by atoms with Crippen LogP contribution in [0.1, 0.15) is 28.8 Å². The standard InChI is InChI=1S/C20H23N7O6/c21-15-12-7-10(18(31)26-16(12)27-20(22)25-15)8-23-11-3-1-9(2-4-11)17(30)24-13(19(32)33)5-6-14(28)29/h1-4,10,13,23H,5-8H2,(H,24,30)(H,28,29)(H,32,33)(H5,21,22,25,26,27,31)/t10?,13-/m0/s1. The number of aliphatic carboxylic acids is 2. The Labute approximate surface area is 187 Å². The second-order valence-corrected chi connectivity index (χ2v) is 7.44. The average molecular weight is 457 g/mol. The Morgan fingerprint density at radius 2 is 1.85 bits per heavy atom. The van der Waals surface area contributed by atoms with Crippen LogP contribution in [0.5, 0.6) is 0 Å². The summed E-state index contributed by atoms with van der Waals surface area (Å²) in [4.78, 5) is 54.5. The van der Waals surface area contributed by atoms with Gasteiger partial charge in [0.1, 0.15) is 17.7 Å². The Morgan fingerprint density at radius 1 is 1.15 bits per heavy atom. The summed E-state index contributed by atoms with van der Waals surface area (Å²) in [5.41, 5.74) is 12.9. The maximum absolute atomic E-state index is 12.4. The smallest absolute Gasteiger partial charge is 0.326 e. The molecule has 174 valence electrons. The largest absolute Gasteiger partial charge is 0.481 e. The summed E-state index contributed by atoms with van der Waals surface area (Å²) in [6, 6.07) is 4.87. The lowest BCUT2D eigenvalue weighted by Crippen LogP contribution is -2.41. The number of amides is 2. The molecular weight excluding hydrogens is 434 g/mol. The predicted octanol–water partition coefficient (Wildman–Crippen LogP) is -0.0883. The van der Waals surface area contributed by atoms with E-state index in [4.69, 9.17) is 21.7 Å². The van der Waals surface area contributed by atoms with Crippen LogP contribution in [0.2, 0.25) is 0 Å². The van der Waals surface area contributed by atoms with E-state index >= 15 is 0 Å². The monoisotopic (exact) mass is 457 g/mol. The Morgan fingerprint density at radius 3 is 2.48 bits per heavy atom. The number of anilines is 4. The van der Waals surface area contributed by atoms with Crippen LogP contribution in [0.25, 0.3) is 0 Å². The first-order valence-corrected chi connectivity index (χ1v) is 9.96. The van der Waals surface area contributed by atoms with Gasteiger partial charge >= 0.3 is 11.9 Å². The van der Waals surface area contributed by atoms with Crippen molar-refractivity contribution in [1.29, 1.82) is 0 Å². The first-order valence-electron chi connectivity index (χ1n) is 9.96. The number of carboxylic acid groups (broad SMARTS) is 2. The molecule has 1 aromatic carbocycles. The normalized spacial score (nSPS) is 15.6. The molecule has 0 saturated carbocycles. The third-order valence-electron chi connectivity index (χ3n) is 5.07. The van der Waals surface area contributed by atoms with Gasteiger partial charge in [-0.2, -0.15) is 9.97 Å². The summed E-state index contributed by atoms with van der Waals surface area (Å²) in [6.07, 6.45) is -0.289. The number of carboxylic acids is 2. The fourth-order valence-corrected chi connectivity index (χ4v) is 3.29. The summed E-state index contributed by atoms with van der Waals surface area (Å²) in [7, 11) is 0. The van der Waals surface area contributed by atoms with Crippen molar-refractivity contribution in [2.75, 3.05) is 28.6 Å². The van der Waals surface area contributed by atoms with Crippen LogP contribution in [0.3, 0.4) is 0 Å². The van der Waals surface area contributed by atoms with E-state index in [1.54, 1.807) is 12.1 Å². The van der Waals surface area contributed by atoms with Crippen molar-refractivity contribution in [2.45, 2.75) is 25.3 Å². The van der Waals surface area contributed by atoms with Crippen molar-refractivity contribution >= 4 is 47.0 Å². The lowest BCUT2D eigenvalue weighted by atomic mass is 9.95. The number of aromatic nitrogens is 2. The number of rotatable bonds is 9. The van der Waals surface area contributed by atoms with Gasteiger partial charge in [0.15, 0.2) is 0 Å². The van der Waals surface area contributed by atoms with Crippen molar-refractivity contribution in [2.24, 2.45) is 5.92 Å². The number of fused-ring (bicyclic) bond motifs is 1. The molecule has 1 aromatic heterocycles. The Hall–Kier alpha value is -4.42. The number of nitrogens with one attached hydrogen (secondary N) is 3. The quantitative estimate of drug-likeness (QED) is 0.263. The molecule has 0 spiro atoms. The van der Waals surface area contributed by atoms with Crippen LogP contribution in [-0.4, -0.2) is 56.5 Å². The number of nitrogen functional groups attached to an aromatic ring is 2. The minimum Gasteiger partial charge on any atom is -0.481 e. The number of hydrogen-bond donors (Lipinski definition) is 7. The second kappa shape index (κ2) is 9.80. The van der Waals surface area contributed by atoms with Crippen molar-refractivity contribution < 1.29 is 29.4 Å². The van der Waals surface area contributed by atoms with Crippen LogP contribution in [0.4, 0.5) is 23.3 Å². The van der Waals surface area contributed by atoms with E-state index in [2.05, 4.69) is 25.9 Å². The van der Waals surface area contributed by atoms with Gasteiger partial charge in [0.2, 0.25) is 11.9 Å². The molecule has 1 aliphatic heterocycles. The van der Waals surface area contributed by atoms with Gasteiger partial charge in [-0.15, -0.1) is 0 Å². The fourth-order valence-electron chi connectivity index (χ4n) is 3.29. The molecule has 0 aliphatic carbocycles. The van der Waals surface area contributed by atoms with Gasteiger partial charge in [-0.3, -0.25) is 14.4 Å². The molecular formula is C20H23N7O6. The highest BCUT2D eigenvalue weighted by molar-refractivity contribution is 5.97. The molecule has 2 amide bonds. The lowest BCUT2D eigenvalue weighted by Gasteiger charge is -2.25. The van der Waals surface area contributed by atoms with Crippen LogP contribution >= 0.6 is 0 Å². The minimum absolute atomic E-state index is 0.0242. The van der Waals surface area contributed by atoms with Crippen molar-refractivity contribution in [3.63, 3.8) is 0 Å². The van der Waals surface area contributed by atoms with Gasteiger partial charge in [-0.05, 0) is 37.1 Å². The maximum atomic E-state index is 12.4. The zero-order chi connectivity index (χ0) is 24.1. The number of carbonyl (C=O) groups is 4. The second-order valence-electron chi connectivity index (χ2n) is 7.44. The molecule has 13 heteroatoms. The molecule has 1 unspecified atom stereocenters. The molecule has 0 bridgehead atoms.